The van der Waals surface area contributed by atoms with Crippen LogP contribution >= 0.6 is 0 Å². The molecule has 6 rings (SSSR count). The summed E-state index contributed by atoms with van der Waals surface area (Å²) in [4.78, 5) is 44.1. The Morgan fingerprint density at radius 3 is 2.35 bits per heavy atom. The number of nitrogens with zero attached hydrogens (tertiary/aromatic N) is 1. The molecule has 2 unspecified atom stereocenters. The number of anilines is 2. The molecule has 3 aromatic carbocycles. The Balaban J connectivity index is 1.35. The van der Waals surface area contributed by atoms with E-state index in [0.29, 0.717) is 49.4 Å². The summed E-state index contributed by atoms with van der Waals surface area (Å²) in [5.74, 6) is -1.94. The average molecular weight is 586 g/mol. The summed E-state index contributed by atoms with van der Waals surface area (Å²) in [6.07, 6.45) is 2.00. The van der Waals surface area contributed by atoms with Gasteiger partial charge in [-0.25, -0.2) is 0 Å². The molecule has 3 aliphatic rings. The smallest absolute Gasteiger partial charge is 0.250 e. The number of amides is 3. The number of nitrogens with one attached hydrogen (secondary N) is 2. The second-order valence-corrected chi connectivity index (χ2v) is 11.8. The minimum Gasteiger partial charge on any atom is -0.494 e. The fourth-order valence-corrected chi connectivity index (χ4v) is 7.66. The molecule has 3 aromatic rings. The lowest BCUT2D eigenvalue weighted by Crippen LogP contribution is -2.56. The Morgan fingerprint density at radius 2 is 1.67 bits per heavy atom. The van der Waals surface area contributed by atoms with Gasteiger partial charge in [-0.05, 0) is 79.8 Å². The van der Waals surface area contributed by atoms with Gasteiger partial charge in [-0.3, -0.25) is 14.4 Å². The molecular weight excluding hydrogens is 546 g/mol. The number of benzene rings is 3. The molecule has 3 amide bonds. The first kappa shape index (κ1) is 29.1. The maximum atomic E-state index is 14.4. The lowest BCUT2D eigenvalue weighted by molar-refractivity contribution is -0.148. The number of likely N-dealkylation sites (tertiary alicyclic amines) is 1. The number of fused-ring (bicyclic) bond motifs is 2. The number of rotatable bonds is 10. The third-order valence-corrected chi connectivity index (χ3v) is 9.67. The third-order valence-electron chi connectivity index (χ3n) is 9.67. The molecule has 3 heterocycles. The van der Waals surface area contributed by atoms with Gasteiger partial charge in [0.2, 0.25) is 17.7 Å². The molecule has 2 bridgehead atoms. The van der Waals surface area contributed by atoms with E-state index in [0.717, 1.165) is 10.8 Å². The Morgan fingerprint density at radius 1 is 0.977 bits per heavy atom. The van der Waals surface area contributed by atoms with Gasteiger partial charge in [0.05, 0.1) is 36.7 Å². The molecule has 0 radical (unpaired) electrons. The number of carbonyl (C=O) groups is 3. The van der Waals surface area contributed by atoms with Crippen LogP contribution in [0.25, 0.3) is 10.8 Å². The first-order valence-corrected chi connectivity index (χ1v) is 15.3. The van der Waals surface area contributed by atoms with E-state index >= 15 is 0 Å². The quantitative estimate of drug-likeness (QED) is 0.317. The van der Waals surface area contributed by atoms with Crippen LogP contribution in [-0.4, -0.2) is 64.2 Å². The van der Waals surface area contributed by atoms with Crippen LogP contribution in [0.3, 0.4) is 0 Å². The summed E-state index contributed by atoms with van der Waals surface area (Å²) in [6, 6.07) is 19.1. The third kappa shape index (κ3) is 4.66. The zero-order valence-electron chi connectivity index (χ0n) is 24.8. The summed E-state index contributed by atoms with van der Waals surface area (Å²) < 4.78 is 12.4. The minimum absolute atomic E-state index is 0.299. The summed E-state index contributed by atoms with van der Waals surface area (Å²) in [7, 11) is 0. The zero-order valence-corrected chi connectivity index (χ0v) is 24.8. The molecule has 3 fully saturated rings. The van der Waals surface area contributed by atoms with Gasteiger partial charge in [0.25, 0.3) is 0 Å². The molecule has 0 aromatic heterocycles. The number of hydrogen-bond donors (Lipinski definition) is 3. The fraction of sp³-hybridized carbons (Fsp3) is 0.441. The van der Waals surface area contributed by atoms with Crippen molar-refractivity contribution in [1.29, 1.82) is 0 Å². The highest BCUT2D eigenvalue weighted by Crippen LogP contribution is 2.64. The predicted molar refractivity (Wildman–Crippen MR) is 164 cm³/mol. The molecular formula is C34H39N3O6. The van der Waals surface area contributed by atoms with Crippen molar-refractivity contribution in [2.75, 3.05) is 23.8 Å². The lowest BCUT2D eigenvalue weighted by atomic mass is 9.65. The van der Waals surface area contributed by atoms with E-state index in [1.54, 1.807) is 24.3 Å². The van der Waals surface area contributed by atoms with Crippen molar-refractivity contribution in [3.8, 4) is 5.75 Å². The van der Waals surface area contributed by atoms with Gasteiger partial charge < -0.3 is 30.1 Å². The van der Waals surface area contributed by atoms with Gasteiger partial charge in [-0.15, -0.1) is 0 Å². The molecule has 9 nitrogen and oxygen atoms in total. The number of aliphatic hydroxyl groups excluding tert-OH is 1. The topological polar surface area (TPSA) is 117 Å². The monoisotopic (exact) mass is 585 g/mol. The van der Waals surface area contributed by atoms with E-state index in [1.165, 1.54) is 4.90 Å². The highest BCUT2D eigenvalue weighted by atomic mass is 16.5. The summed E-state index contributed by atoms with van der Waals surface area (Å²) in [5.41, 5.74) is -0.858. The standard InChI is InChI=1S/C34H39N3O6/c1-4-25(20-38)37-29(31(40)36-24-12-11-21-9-7-8-10-22(21)19-24)34-18-17-33(5-2,43-34)27(28(34)32(37)41)30(39)35-23-13-15-26(16-14-23)42-6-3/h7-16,19,25,27-29,38H,4-6,17-18,20H2,1-3H3,(H,35,39)(H,36,40)/t25-,27+,28-,29?,33-,34?/m0/s1. The zero-order chi connectivity index (χ0) is 30.4. The Kier molecular flexibility index (Phi) is 7.64. The SMILES string of the molecule is CCOc1ccc(NC(=O)[C@H]2[C@H]3C(=O)N([C@@H](CC)CO)C(C(=O)Nc4ccc5ccccc5c4)C34CC[C@]2(CC)O4)cc1. The van der Waals surface area contributed by atoms with Crippen molar-refractivity contribution in [2.24, 2.45) is 11.8 Å². The van der Waals surface area contributed by atoms with Gasteiger partial charge in [0.15, 0.2) is 0 Å². The number of carbonyl (C=O) groups excluding carboxylic acids is 3. The highest BCUT2D eigenvalue weighted by molar-refractivity contribution is 6.06. The van der Waals surface area contributed by atoms with Crippen molar-refractivity contribution >= 4 is 39.9 Å². The largest absolute Gasteiger partial charge is 0.494 e. The first-order valence-electron chi connectivity index (χ1n) is 15.3. The second-order valence-electron chi connectivity index (χ2n) is 11.8. The van der Waals surface area contributed by atoms with Gasteiger partial charge in [0.1, 0.15) is 17.4 Å². The van der Waals surface area contributed by atoms with Gasteiger partial charge >= 0.3 is 0 Å². The molecule has 3 N–H and O–H groups in total. The van der Waals surface area contributed by atoms with Crippen LogP contribution in [0.15, 0.2) is 66.7 Å². The van der Waals surface area contributed by atoms with E-state index in [1.807, 2.05) is 63.2 Å². The van der Waals surface area contributed by atoms with E-state index in [9.17, 15) is 19.5 Å². The van der Waals surface area contributed by atoms with Crippen LogP contribution in [0.2, 0.25) is 0 Å². The lowest BCUT2D eigenvalue weighted by Gasteiger charge is -2.37. The summed E-state index contributed by atoms with van der Waals surface area (Å²) >= 11 is 0. The van der Waals surface area contributed by atoms with Crippen LogP contribution < -0.4 is 15.4 Å². The van der Waals surface area contributed by atoms with E-state index in [-0.39, 0.29) is 24.3 Å². The Bertz CT molecular complexity index is 1540. The number of hydrogen-bond acceptors (Lipinski definition) is 6. The molecule has 9 heteroatoms. The van der Waals surface area contributed by atoms with Crippen LogP contribution in [0.1, 0.15) is 46.5 Å². The normalized spacial score (nSPS) is 28.1. The van der Waals surface area contributed by atoms with Gasteiger partial charge in [0, 0.05) is 11.4 Å². The maximum Gasteiger partial charge on any atom is 0.250 e. The van der Waals surface area contributed by atoms with Crippen molar-refractivity contribution in [3.63, 3.8) is 0 Å². The maximum absolute atomic E-state index is 14.4. The number of aliphatic hydroxyl groups is 1. The van der Waals surface area contributed by atoms with Crippen LogP contribution in [0.4, 0.5) is 11.4 Å². The van der Waals surface area contributed by atoms with Crippen LogP contribution in [0, 0.1) is 11.8 Å². The number of ether oxygens (including phenoxy) is 2. The van der Waals surface area contributed by atoms with Gasteiger partial charge in [-0.2, -0.15) is 0 Å². The van der Waals surface area contributed by atoms with Crippen LogP contribution in [0.5, 0.6) is 5.75 Å². The van der Waals surface area contributed by atoms with E-state index < -0.39 is 35.1 Å². The Hall–Kier alpha value is -3.95. The minimum atomic E-state index is -1.18. The van der Waals surface area contributed by atoms with Gasteiger partial charge in [-0.1, -0.05) is 44.2 Å². The van der Waals surface area contributed by atoms with Crippen molar-refractivity contribution < 1.29 is 29.0 Å². The molecule has 3 saturated heterocycles. The molecule has 0 aliphatic carbocycles. The summed E-state index contributed by atoms with van der Waals surface area (Å²) in [5, 5.41) is 18.4. The van der Waals surface area contributed by atoms with E-state index in [4.69, 9.17) is 9.47 Å². The average Bonchev–Trinajstić information content (AvgIpc) is 3.62. The second kappa shape index (κ2) is 11.3. The molecule has 43 heavy (non-hydrogen) atoms. The molecule has 226 valence electrons. The van der Waals surface area contributed by atoms with Crippen molar-refractivity contribution in [3.05, 3.63) is 66.7 Å². The summed E-state index contributed by atoms with van der Waals surface area (Å²) in [6.45, 7) is 5.98. The van der Waals surface area contributed by atoms with Crippen molar-refractivity contribution in [1.82, 2.24) is 4.90 Å². The molecule has 6 atom stereocenters. The van der Waals surface area contributed by atoms with Crippen LogP contribution in [-0.2, 0) is 19.1 Å². The van der Waals surface area contributed by atoms with Crippen molar-refractivity contribution in [2.45, 2.75) is 69.7 Å². The molecule has 0 saturated carbocycles. The highest BCUT2D eigenvalue weighted by Gasteiger charge is 2.79. The Labute approximate surface area is 251 Å². The van der Waals surface area contributed by atoms with E-state index in [2.05, 4.69) is 10.6 Å². The predicted octanol–water partition coefficient (Wildman–Crippen LogP) is 4.74. The molecule has 3 aliphatic heterocycles. The molecule has 1 spiro atoms. The fourth-order valence-electron chi connectivity index (χ4n) is 7.66. The first-order chi connectivity index (χ1) is 20.8.